The van der Waals surface area contributed by atoms with Gasteiger partial charge in [0.2, 0.25) is 0 Å². The lowest BCUT2D eigenvalue weighted by atomic mass is 9.99. The van der Waals surface area contributed by atoms with E-state index in [0.29, 0.717) is 10.8 Å². The molecule has 0 aliphatic carbocycles. The number of halogens is 1. The fourth-order valence-electron chi connectivity index (χ4n) is 2.62. The summed E-state index contributed by atoms with van der Waals surface area (Å²) >= 11 is 6.11. The highest BCUT2D eigenvalue weighted by molar-refractivity contribution is 6.32. The summed E-state index contributed by atoms with van der Waals surface area (Å²) in [5.41, 5.74) is 3.12. The van der Waals surface area contributed by atoms with Crippen LogP contribution in [0.3, 0.4) is 0 Å². The topological polar surface area (TPSA) is 41.5 Å². The molecule has 104 valence electrons. The molecule has 0 spiro atoms. The maximum absolute atomic E-state index is 10.5. The lowest BCUT2D eigenvalue weighted by Gasteiger charge is -2.20. The van der Waals surface area contributed by atoms with Gasteiger partial charge in [-0.05, 0) is 35.7 Å². The molecule has 0 saturated heterocycles. The Bertz CT molecular complexity index is 605. The first-order valence-electron chi connectivity index (χ1n) is 6.55. The highest BCUT2D eigenvalue weighted by Gasteiger charge is 2.27. The number of aliphatic hydroxyl groups excluding tert-OH is 1. The molecule has 0 radical (unpaired) electrons. The van der Waals surface area contributed by atoms with E-state index in [9.17, 15) is 5.11 Å². The van der Waals surface area contributed by atoms with Crippen LogP contribution in [0.15, 0.2) is 42.5 Å². The number of fused-ring (bicyclic) bond motifs is 1. The largest absolute Gasteiger partial charge is 0.495 e. The molecule has 3 rings (SSSR count). The van der Waals surface area contributed by atoms with E-state index in [1.165, 1.54) is 5.56 Å². The lowest BCUT2D eigenvalue weighted by Crippen LogP contribution is -2.24. The first kappa shape index (κ1) is 13.3. The molecule has 0 amide bonds. The van der Waals surface area contributed by atoms with Crippen molar-refractivity contribution in [2.75, 3.05) is 12.4 Å². The molecule has 0 bridgehead atoms. The van der Waals surface area contributed by atoms with Gasteiger partial charge < -0.3 is 15.2 Å². The van der Waals surface area contributed by atoms with Crippen LogP contribution in [0, 0.1) is 0 Å². The first-order valence-corrected chi connectivity index (χ1v) is 6.93. The van der Waals surface area contributed by atoms with Crippen molar-refractivity contribution in [2.45, 2.75) is 18.6 Å². The van der Waals surface area contributed by atoms with Gasteiger partial charge in [-0.1, -0.05) is 35.9 Å². The fourth-order valence-corrected chi connectivity index (χ4v) is 2.88. The molecule has 2 aromatic carbocycles. The zero-order valence-electron chi connectivity index (χ0n) is 11.1. The van der Waals surface area contributed by atoms with E-state index in [0.717, 1.165) is 17.7 Å². The predicted molar refractivity (Wildman–Crippen MR) is 80.5 cm³/mol. The van der Waals surface area contributed by atoms with E-state index >= 15 is 0 Å². The number of hydrogen-bond acceptors (Lipinski definition) is 3. The van der Waals surface area contributed by atoms with E-state index in [1.54, 1.807) is 19.2 Å². The van der Waals surface area contributed by atoms with Crippen molar-refractivity contribution < 1.29 is 9.84 Å². The van der Waals surface area contributed by atoms with E-state index < -0.39 is 6.10 Å². The third-order valence-electron chi connectivity index (χ3n) is 3.70. The highest BCUT2D eigenvalue weighted by atomic mass is 35.5. The van der Waals surface area contributed by atoms with E-state index in [-0.39, 0.29) is 6.04 Å². The quantitative estimate of drug-likeness (QED) is 0.910. The molecular formula is C16H16ClNO2. The normalized spacial score (nSPS) is 18.2. The van der Waals surface area contributed by atoms with Crippen LogP contribution in [0.1, 0.15) is 17.2 Å². The van der Waals surface area contributed by atoms with Crippen molar-refractivity contribution in [3.05, 3.63) is 58.6 Å². The van der Waals surface area contributed by atoms with Gasteiger partial charge in [0.15, 0.2) is 0 Å². The van der Waals surface area contributed by atoms with Gasteiger partial charge in [0.1, 0.15) is 5.75 Å². The summed E-state index contributed by atoms with van der Waals surface area (Å²) in [6, 6.07) is 13.5. The second kappa shape index (κ2) is 5.35. The van der Waals surface area contributed by atoms with Gasteiger partial charge in [-0.15, -0.1) is 0 Å². The average molecular weight is 290 g/mol. The monoisotopic (exact) mass is 289 g/mol. The Morgan fingerprint density at radius 2 is 2.10 bits per heavy atom. The van der Waals surface area contributed by atoms with E-state index in [4.69, 9.17) is 16.3 Å². The Morgan fingerprint density at radius 1 is 1.30 bits per heavy atom. The van der Waals surface area contributed by atoms with Crippen LogP contribution in [0.5, 0.6) is 5.75 Å². The fraction of sp³-hybridized carbons (Fsp3) is 0.250. The van der Waals surface area contributed by atoms with Crippen molar-refractivity contribution in [2.24, 2.45) is 0 Å². The van der Waals surface area contributed by atoms with Crippen LogP contribution in [0.4, 0.5) is 5.69 Å². The third kappa shape index (κ3) is 2.35. The maximum atomic E-state index is 10.5. The van der Waals surface area contributed by atoms with Gasteiger partial charge in [0.25, 0.3) is 0 Å². The number of ether oxygens (including phenoxy) is 1. The summed E-state index contributed by atoms with van der Waals surface area (Å²) in [4.78, 5) is 0. The Kier molecular flexibility index (Phi) is 3.55. The Hall–Kier alpha value is -1.71. The zero-order valence-corrected chi connectivity index (χ0v) is 11.9. The molecule has 1 aliphatic heterocycles. The van der Waals surface area contributed by atoms with Crippen molar-refractivity contribution in [3.8, 4) is 5.75 Å². The molecule has 2 aromatic rings. The molecular weight excluding hydrogens is 274 g/mol. The smallest absolute Gasteiger partial charge is 0.137 e. The Morgan fingerprint density at radius 3 is 2.80 bits per heavy atom. The lowest BCUT2D eigenvalue weighted by molar-refractivity contribution is 0.156. The molecule has 0 aromatic heterocycles. The van der Waals surface area contributed by atoms with Crippen LogP contribution < -0.4 is 10.1 Å². The summed E-state index contributed by atoms with van der Waals surface area (Å²) in [6.45, 7) is 0. The average Bonchev–Trinajstić information content (AvgIpc) is 2.90. The zero-order chi connectivity index (χ0) is 14.1. The van der Waals surface area contributed by atoms with Crippen molar-refractivity contribution >= 4 is 17.3 Å². The first-order chi connectivity index (χ1) is 9.69. The number of aliphatic hydroxyl groups is 1. The predicted octanol–water partition coefficient (Wildman–Crippen LogP) is 3.42. The number of para-hydroxylation sites is 1. The molecule has 20 heavy (non-hydrogen) atoms. The summed E-state index contributed by atoms with van der Waals surface area (Å²) in [6.07, 6.45) is 0.201. The van der Waals surface area contributed by atoms with E-state index in [2.05, 4.69) is 11.4 Å². The standard InChI is InChI=1S/C16H16ClNO2/c1-20-15-7-6-11(8-12(15)17)16(19)14-9-10-4-2-3-5-13(10)18-14/h2-8,14,16,18-19H,9H2,1H3. The highest BCUT2D eigenvalue weighted by Crippen LogP contribution is 2.34. The molecule has 0 fully saturated rings. The molecule has 1 aliphatic rings. The van der Waals surface area contributed by atoms with Crippen molar-refractivity contribution in [3.63, 3.8) is 0 Å². The minimum Gasteiger partial charge on any atom is -0.495 e. The van der Waals surface area contributed by atoms with Crippen LogP contribution in [-0.4, -0.2) is 18.3 Å². The second-order valence-corrected chi connectivity index (χ2v) is 5.36. The number of rotatable bonds is 3. The molecule has 3 nitrogen and oxygen atoms in total. The van der Waals surface area contributed by atoms with Gasteiger partial charge in [0.05, 0.1) is 24.3 Å². The molecule has 1 heterocycles. The van der Waals surface area contributed by atoms with Crippen molar-refractivity contribution in [1.29, 1.82) is 0 Å². The SMILES string of the molecule is COc1ccc(C(O)C2Cc3ccccc3N2)cc1Cl. The minimum atomic E-state index is -0.606. The van der Waals surface area contributed by atoms with Crippen LogP contribution in [-0.2, 0) is 6.42 Å². The number of methoxy groups -OCH3 is 1. The Labute approximate surface area is 123 Å². The van der Waals surface area contributed by atoms with Gasteiger partial charge in [-0.2, -0.15) is 0 Å². The van der Waals surface area contributed by atoms with Gasteiger partial charge >= 0.3 is 0 Å². The van der Waals surface area contributed by atoms with Crippen LogP contribution in [0.2, 0.25) is 5.02 Å². The number of nitrogens with one attached hydrogen (secondary N) is 1. The Balaban J connectivity index is 1.81. The molecule has 4 heteroatoms. The number of hydrogen-bond donors (Lipinski definition) is 2. The summed E-state index contributed by atoms with van der Waals surface area (Å²) in [5, 5.41) is 14.4. The summed E-state index contributed by atoms with van der Waals surface area (Å²) in [7, 11) is 1.58. The molecule has 0 saturated carbocycles. The molecule has 2 atom stereocenters. The third-order valence-corrected chi connectivity index (χ3v) is 3.99. The minimum absolute atomic E-state index is 0.0307. The van der Waals surface area contributed by atoms with Crippen LogP contribution in [0.25, 0.3) is 0 Å². The van der Waals surface area contributed by atoms with Crippen molar-refractivity contribution in [1.82, 2.24) is 0 Å². The van der Waals surface area contributed by atoms with Gasteiger partial charge in [0, 0.05) is 5.69 Å². The van der Waals surface area contributed by atoms with Gasteiger partial charge in [-0.3, -0.25) is 0 Å². The van der Waals surface area contributed by atoms with E-state index in [1.807, 2.05) is 24.3 Å². The summed E-state index contributed by atoms with van der Waals surface area (Å²) < 4.78 is 5.13. The number of benzene rings is 2. The number of anilines is 1. The molecule has 2 N–H and O–H groups in total. The molecule has 2 unspecified atom stereocenters. The second-order valence-electron chi connectivity index (χ2n) is 4.95. The van der Waals surface area contributed by atoms with Gasteiger partial charge in [-0.25, -0.2) is 0 Å². The summed E-state index contributed by atoms with van der Waals surface area (Å²) in [5.74, 6) is 0.616. The van der Waals surface area contributed by atoms with Crippen LogP contribution >= 0.6 is 11.6 Å². The maximum Gasteiger partial charge on any atom is 0.137 e.